The second-order valence-electron chi connectivity index (χ2n) is 7.92. The standard InChI is InChI=1S/C22H28FN5O/c1-2-3-12-24-22-25-13-19-20(16-6-8-17(23)9-7-16)27-28(21(19)26-22)14-15-4-10-18(29)11-5-15/h6-9,13,15,18,29H,2-5,10-12,14H2,1H3,(H,24,25,26)/t15-,18-. The van der Waals surface area contributed by atoms with Crippen LogP contribution in [-0.2, 0) is 6.54 Å². The summed E-state index contributed by atoms with van der Waals surface area (Å²) in [5, 5.41) is 18.8. The quantitative estimate of drug-likeness (QED) is 0.578. The van der Waals surface area contributed by atoms with Crippen molar-refractivity contribution in [3.8, 4) is 11.3 Å². The Hall–Kier alpha value is -2.54. The van der Waals surface area contributed by atoms with Gasteiger partial charge in [0.25, 0.3) is 0 Å². The van der Waals surface area contributed by atoms with Crippen LogP contribution >= 0.6 is 0 Å². The molecule has 0 aliphatic heterocycles. The Bertz CT molecular complexity index is 948. The smallest absolute Gasteiger partial charge is 0.224 e. The zero-order valence-electron chi connectivity index (χ0n) is 16.8. The van der Waals surface area contributed by atoms with Crippen molar-refractivity contribution in [3.63, 3.8) is 0 Å². The number of aromatic nitrogens is 4. The van der Waals surface area contributed by atoms with Gasteiger partial charge in [-0.05, 0) is 62.3 Å². The molecule has 29 heavy (non-hydrogen) atoms. The maximum atomic E-state index is 13.4. The third-order valence-electron chi connectivity index (χ3n) is 5.67. The van der Waals surface area contributed by atoms with E-state index < -0.39 is 0 Å². The fourth-order valence-electron chi connectivity index (χ4n) is 3.94. The molecule has 1 fully saturated rings. The lowest BCUT2D eigenvalue weighted by Crippen LogP contribution is -2.22. The lowest BCUT2D eigenvalue weighted by atomic mass is 9.87. The minimum atomic E-state index is -0.267. The van der Waals surface area contributed by atoms with E-state index in [1.165, 1.54) is 12.1 Å². The number of nitrogens with zero attached hydrogens (tertiary/aromatic N) is 4. The van der Waals surface area contributed by atoms with Gasteiger partial charge in [-0.3, -0.25) is 0 Å². The monoisotopic (exact) mass is 397 g/mol. The maximum Gasteiger partial charge on any atom is 0.224 e. The maximum absolute atomic E-state index is 13.4. The van der Waals surface area contributed by atoms with Crippen LogP contribution in [0.15, 0.2) is 30.5 Å². The molecule has 154 valence electrons. The zero-order valence-corrected chi connectivity index (χ0v) is 16.8. The summed E-state index contributed by atoms with van der Waals surface area (Å²) in [6, 6.07) is 6.38. The Morgan fingerprint density at radius 1 is 1.17 bits per heavy atom. The van der Waals surface area contributed by atoms with Crippen molar-refractivity contribution in [1.82, 2.24) is 19.7 Å². The van der Waals surface area contributed by atoms with E-state index in [2.05, 4.69) is 17.2 Å². The van der Waals surface area contributed by atoms with Gasteiger partial charge in [-0.15, -0.1) is 0 Å². The number of anilines is 1. The summed E-state index contributed by atoms with van der Waals surface area (Å²) in [6.07, 6.45) is 7.46. The summed E-state index contributed by atoms with van der Waals surface area (Å²) >= 11 is 0. The highest BCUT2D eigenvalue weighted by Gasteiger charge is 2.22. The molecule has 1 aliphatic carbocycles. The highest BCUT2D eigenvalue weighted by atomic mass is 19.1. The number of nitrogens with one attached hydrogen (secondary N) is 1. The molecule has 7 heteroatoms. The first-order valence-corrected chi connectivity index (χ1v) is 10.6. The summed E-state index contributed by atoms with van der Waals surface area (Å²) < 4.78 is 15.3. The Balaban J connectivity index is 1.68. The van der Waals surface area contributed by atoms with Crippen LogP contribution in [0.3, 0.4) is 0 Å². The highest BCUT2D eigenvalue weighted by molar-refractivity contribution is 5.91. The normalized spacial score (nSPS) is 19.6. The van der Waals surface area contributed by atoms with Crippen LogP contribution in [0.25, 0.3) is 22.3 Å². The number of hydrogen-bond acceptors (Lipinski definition) is 5. The van der Waals surface area contributed by atoms with Crippen LogP contribution in [0.5, 0.6) is 0 Å². The predicted molar refractivity (Wildman–Crippen MR) is 112 cm³/mol. The van der Waals surface area contributed by atoms with Crippen LogP contribution < -0.4 is 5.32 Å². The van der Waals surface area contributed by atoms with E-state index in [9.17, 15) is 9.50 Å². The van der Waals surface area contributed by atoms with E-state index >= 15 is 0 Å². The van der Waals surface area contributed by atoms with Crippen molar-refractivity contribution < 1.29 is 9.50 Å². The number of halogens is 1. The van der Waals surface area contributed by atoms with E-state index in [4.69, 9.17) is 10.1 Å². The number of aliphatic hydroxyl groups is 1. The van der Waals surface area contributed by atoms with E-state index in [0.29, 0.717) is 11.9 Å². The number of aliphatic hydroxyl groups excluding tert-OH is 1. The molecule has 2 N–H and O–H groups in total. The average molecular weight is 397 g/mol. The number of unbranched alkanes of at least 4 members (excludes halogenated alkanes) is 1. The molecule has 1 aliphatic rings. The van der Waals surface area contributed by atoms with Gasteiger partial charge in [-0.25, -0.2) is 14.1 Å². The van der Waals surface area contributed by atoms with Gasteiger partial charge in [0, 0.05) is 24.8 Å². The summed E-state index contributed by atoms with van der Waals surface area (Å²) in [6.45, 7) is 3.74. The third kappa shape index (κ3) is 4.56. The second kappa shape index (κ2) is 8.86. The molecule has 0 unspecified atom stereocenters. The molecule has 6 nitrogen and oxygen atoms in total. The van der Waals surface area contributed by atoms with E-state index in [-0.39, 0.29) is 11.9 Å². The summed E-state index contributed by atoms with van der Waals surface area (Å²) in [5.74, 6) is 0.808. The molecular formula is C22H28FN5O. The first-order valence-electron chi connectivity index (χ1n) is 10.6. The van der Waals surface area contributed by atoms with Gasteiger partial charge in [0.2, 0.25) is 5.95 Å². The fourth-order valence-corrected chi connectivity index (χ4v) is 3.94. The molecule has 0 spiro atoms. The number of benzene rings is 1. The first-order chi connectivity index (χ1) is 14.1. The number of hydrogen-bond donors (Lipinski definition) is 2. The number of fused-ring (bicyclic) bond motifs is 1. The van der Waals surface area contributed by atoms with E-state index in [1.54, 1.807) is 12.1 Å². The van der Waals surface area contributed by atoms with Crippen LogP contribution in [0.1, 0.15) is 45.4 Å². The fraction of sp³-hybridized carbons (Fsp3) is 0.500. The Kier molecular flexibility index (Phi) is 6.04. The first kappa shape index (κ1) is 19.8. The molecule has 2 heterocycles. The largest absolute Gasteiger partial charge is 0.393 e. The molecule has 0 radical (unpaired) electrons. The van der Waals surface area contributed by atoms with Gasteiger partial charge in [0.1, 0.15) is 11.5 Å². The van der Waals surface area contributed by atoms with Gasteiger partial charge in [-0.2, -0.15) is 10.1 Å². The third-order valence-corrected chi connectivity index (χ3v) is 5.67. The van der Waals surface area contributed by atoms with Crippen molar-refractivity contribution in [3.05, 3.63) is 36.3 Å². The van der Waals surface area contributed by atoms with E-state index in [1.807, 2.05) is 10.9 Å². The Morgan fingerprint density at radius 2 is 1.93 bits per heavy atom. The van der Waals surface area contributed by atoms with Gasteiger partial charge >= 0.3 is 0 Å². The van der Waals surface area contributed by atoms with Crippen molar-refractivity contribution >= 4 is 17.0 Å². The minimum Gasteiger partial charge on any atom is -0.393 e. The van der Waals surface area contributed by atoms with Gasteiger partial charge in [0.15, 0.2) is 5.65 Å². The highest BCUT2D eigenvalue weighted by Crippen LogP contribution is 2.30. The van der Waals surface area contributed by atoms with Crippen molar-refractivity contribution in [2.75, 3.05) is 11.9 Å². The summed E-state index contributed by atoms with van der Waals surface area (Å²) in [4.78, 5) is 9.22. The molecule has 1 aromatic carbocycles. The molecule has 1 saturated carbocycles. The second-order valence-corrected chi connectivity index (χ2v) is 7.92. The zero-order chi connectivity index (χ0) is 20.2. The Labute approximate surface area is 170 Å². The molecule has 0 bridgehead atoms. The van der Waals surface area contributed by atoms with Gasteiger partial charge in [0.05, 0.1) is 11.5 Å². The number of rotatable bonds is 7. The lowest BCUT2D eigenvalue weighted by molar-refractivity contribution is 0.103. The molecule has 2 aromatic heterocycles. The minimum absolute atomic E-state index is 0.174. The van der Waals surface area contributed by atoms with Crippen LogP contribution in [0.4, 0.5) is 10.3 Å². The molecular weight excluding hydrogens is 369 g/mol. The van der Waals surface area contributed by atoms with Gasteiger partial charge < -0.3 is 10.4 Å². The van der Waals surface area contributed by atoms with Crippen molar-refractivity contribution in [2.45, 2.75) is 58.1 Å². The van der Waals surface area contributed by atoms with Crippen LogP contribution in [-0.4, -0.2) is 37.5 Å². The predicted octanol–water partition coefficient (Wildman–Crippen LogP) is 4.40. The lowest BCUT2D eigenvalue weighted by Gasteiger charge is -2.25. The molecule has 3 aromatic rings. The van der Waals surface area contributed by atoms with Crippen molar-refractivity contribution in [1.29, 1.82) is 0 Å². The molecule has 4 rings (SSSR count). The summed E-state index contributed by atoms with van der Waals surface area (Å²) in [7, 11) is 0. The molecule has 0 saturated heterocycles. The van der Waals surface area contributed by atoms with E-state index in [0.717, 1.165) is 73.9 Å². The molecule has 0 amide bonds. The average Bonchev–Trinajstić information content (AvgIpc) is 3.08. The topological polar surface area (TPSA) is 75.9 Å². The Morgan fingerprint density at radius 3 is 2.66 bits per heavy atom. The van der Waals surface area contributed by atoms with Crippen molar-refractivity contribution in [2.24, 2.45) is 5.92 Å². The van der Waals surface area contributed by atoms with Crippen LogP contribution in [0, 0.1) is 11.7 Å². The van der Waals surface area contributed by atoms with Crippen LogP contribution in [0.2, 0.25) is 0 Å². The van der Waals surface area contributed by atoms with Gasteiger partial charge in [-0.1, -0.05) is 13.3 Å². The SMILES string of the molecule is CCCCNc1ncc2c(-c3ccc(F)cc3)nn(C[C@H]3CC[C@H](O)CC3)c2n1. The molecule has 0 atom stereocenters. The summed E-state index contributed by atoms with van der Waals surface area (Å²) in [5.41, 5.74) is 2.42.